The minimum absolute atomic E-state index is 0.0796. The number of piperidine rings is 1. The molecule has 3 atom stereocenters. The van der Waals surface area contributed by atoms with E-state index in [1.54, 1.807) is 31.2 Å². The second kappa shape index (κ2) is 6.95. The molecule has 110 valence electrons. The fourth-order valence-electron chi connectivity index (χ4n) is 2.38. The van der Waals surface area contributed by atoms with Crippen LogP contribution in [0, 0.1) is 0 Å². The molecule has 2 N–H and O–H groups in total. The number of nitrogens with one attached hydrogen (secondary N) is 2. The molecule has 0 radical (unpaired) electrons. The van der Waals surface area contributed by atoms with Gasteiger partial charge >= 0.3 is 0 Å². The van der Waals surface area contributed by atoms with Crippen LogP contribution >= 0.6 is 11.6 Å². The molecular weight excluding hydrogens is 276 g/mol. The summed E-state index contributed by atoms with van der Waals surface area (Å²) in [6, 6.07) is 7.74. The first kappa shape index (κ1) is 15.1. The second-order valence-corrected chi connectivity index (χ2v) is 5.74. The van der Waals surface area contributed by atoms with Gasteiger partial charge in [0.15, 0.2) is 6.10 Å². The molecular formula is C15H21ClN2O2. The summed E-state index contributed by atoms with van der Waals surface area (Å²) in [7, 11) is 0. The standard InChI is InChI=1S/C15H21ClN2O2/c1-10-8-13(6-7-17-10)18-15(19)11(2)20-14-5-3-4-12(16)9-14/h3-5,9-11,13,17H,6-8H2,1-2H3,(H,18,19). The van der Waals surface area contributed by atoms with Crippen LogP contribution in [0.25, 0.3) is 0 Å². The van der Waals surface area contributed by atoms with Crippen LogP contribution in [0.2, 0.25) is 5.02 Å². The summed E-state index contributed by atoms with van der Waals surface area (Å²) in [5.74, 6) is 0.530. The Kier molecular flexibility index (Phi) is 5.26. The van der Waals surface area contributed by atoms with Gasteiger partial charge in [0.25, 0.3) is 5.91 Å². The fourth-order valence-corrected chi connectivity index (χ4v) is 2.56. The van der Waals surface area contributed by atoms with E-state index in [1.807, 2.05) is 0 Å². The molecule has 1 heterocycles. The van der Waals surface area contributed by atoms with E-state index in [0.717, 1.165) is 19.4 Å². The zero-order valence-electron chi connectivity index (χ0n) is 11.9. The predicted octanol–water partition coefficient (Wildman–Crippen LogP) is 2.36. The van der Waals surface area contributed by atoms with E-state index < -0.39 is 6.10 Å². The third kappa shape index (κ3) is 4.39. The van der Waals surface area contributed by atoms with Gasteiger partial charge in [0.05, 0.1) is 0 Å². The van der Waals surface area contributed by atoms with Crippen molar-refractivity contribution < 1.29 is 9.53 Å². The molecule has 0 spiro atoms. The van der Waals surface area contributed by atoms with E-state index in [0.29, 0.717) is 16.8 Å². The number of carbonyl (C=O) groups is 1. The van der Waals surface area contributed by atoms with Crippen molar-refractivity contribution in [1.82, 2.24) is 10.6 Å². The van der Waals surface area contributed by atoms with Gasteiger partial charge in [-0.3, -0.25) is 4.79 Å². The molecule has 3 unspecified atom stereocenters. The SMILES string of the molecule is CC1CC(NC(=O)C(C)Oc2cccc(Cl)c2)CCN1. The highest BCUT2D eigenvalue weighted by atomic mass is 35.5. The van der Waals surface area contributed by atoms with Gasteiger partial charge in [0, 0.05) is 17.1 Å². The van der Waals surface area contributed by atoms with Crippen LogP contribution < -0.4 is 15.4 Å². The zero-order chi connectivity index (χ0) is 14.5. The monoisotopic (exact) mass is 296 g/mol. The number of carbonyl (C=O) groups excluding carboxylic acids is 1. The Bertz CT molecular complexity index is 467. The number of benzene rings is 1. The van der Waals surface area contributed by atoms with Crippen molar-refractivity contribution in [2.75, 3.05) is 6.54 Å². The van der Waals surface area contributed by atoms with Crippen LogP contribution in [0.1, 0.15) is 26.7 Å². The van der Waals surface area contributed by atoms with E-state index in [1.165, 1.54) is 0 Å². The summed E-state index contributed by atoms with van der Waals surface area (Å²) in [4.78, 5) is 12.1. The van der Waals surface area contributed by atoms with E-state index in [9.17, 15) is 4.79 Å². The maximum atomic E-state index is 12.1. The van der Waals surface area contributed by atoms with Gasteiger partial charge < -0.3 is 15.4 Å². The molecule has 0 bridgehead atoms. The first-order valence-electron chi connectivity index (χ1n) is 7.00. The molecule has 1 amide bonds. The molecule has 1 aliphatic rings. The summed E-state index contributed by atoms with van der Waals surface area (Å²) in [5.41, 5.74) is 0. The largest absolute Gasteiger partial charge is 0.481 e. The summed E-state index contributed by atoms with van der Waals surface area (Å²) >= 11 is 5.89. The number of hydrogen-bond donors (Lipinski definition) is 2. The summed E-state index contributed by atoms with van der Waals surface area (Å²) in [5, 5.41) is 7.01. The molecule has 1 aliphatic heterocycles. The highest BCUT2D eigenvalue weighted by molar-refractivity contribution is 6.30. The highest BCUT2D eigenvalue weighted by Gasteiger charge is 2.23. The Labute approximate surface area is 124 Å². The number of amides is 1. The Hall–Kier alpha value is -1.26. The lowest BCUT2D eigenvalue weighted by Crippen LogP contribution is -2.49. The third-order valence-corrected chi connectivity index (χ3v) is 3.68. The predicted molar refractivity (Wildman–Crippen MR) is 80.2 cm³/mol. The third-order valence-electron chi connectivity index (χ3n) is 3.45. The van der Waals surface area contributed by atoms with Crippen LogP contribution in [-0.4, -0.2) is 30.6 Å². The maximum Gasteiger partial charge on any atom is 0.260 e. The van der Waals surface area contributed by atoms with Crippen molar-refractivity contribution in [3.63, 3.8) is 0 Å². The number of halogens is 1. The van der Waals surface area contributed by atoms with Crippen molar-refractivity contribution >= 4 is 17.5 Å². The van der Waals surface area contributed by atoms with Crippen LogP contribution in [0.3, 0.4) is 0 Å². The minimum Gasteiger partial charge on any atom is -0.481 e. The molecule has 1 aromatic carbocycles. The smallest absolute Gasteiger partial charge is 0.260 e. The topological polar surface area (TPSA) is 50.4 Å². The maximum absolute atomic E-state index is 12.1. The van der Waals surface area contributed by atoms with Crippen LogP contribution in [0.5, 0.6) is 5.75 Å². The Morgan fingerprint density at radius 1 is 1.55 bits per heavy atom. The van der Waals surface area contributed by atoms with Gasteiger partial charge in [-0.25, -0.2) is 0 Å². The number of ether oxygens (including phenoxy) is 1. The van der Waals surface area contributed by atoms with Gasteiger partial charge in [-0.2, -0.15) is 0 Å². The van der Waals surface area contributed by atoms with Gasteiger partial charge in [0.2, 0.25) is 0 Å². The fraction of sp³-hybridized carbons (Fsp3) is 0.533. The molecule has 0 aliphatic carbocycles. The molecule has 0 saturated carbocycles. The average Bonchev–Trinajstić information content (AvgIpc) is 2.38. The lowest BCUT2D eigenvalue weighted by Gasteiger charge is -2.29. The zero-order valence-corrected chi connectivity index (χ0v) is 12.6. The molecule has 2 rings (SSSR count). The van der Waals surface area contributed by atoms with Crippen molar-refractivity contribution in [1.29, 1.82) is 0 Å². The van der Waals surface area contributed by atoms with Gasteiger partial charge in [-0.05, 0) is 51.4 Å². The average molecular weight is 297 g/mol. The lowest BCUT2D eigenvalue weighted by molar-refractivity contribution is -0.128. The molecule has 1 fully saturated rings. The molecule has 4 nitrogen and oxygen atoms in total. The van der Waals surface area contributed by atoms with E-state index in [2.05, 4.69) is 17.6 Å². The molecule has 20 heavy (non-hydrogen) atoms. The Balaban J connectivity index is 1.85. The second-order valence-electron chi connectivity index (χ2n) is 5.30. The van der Waals surface area contributed by atoms with Crippen LogP contribution in [0.15, 0.2) is 24.3 Å². The molecule has 0 aromatic heterocycles. The number of hydrogen-bond acceptors (Lipinski definition) is 3. The quantitative estimate of drug-likeness (QED) is 0.897. The minimum atomic E-state index is -0.529. The van der Waals surface area contributed by atoms with E-state index in [4.69, 9.17) is 16.3 Å². The van der Waals surface area contributed by atoms with E-state index >= 15 is 0 Å². The Morgan fingerprint density at radius 3 is 3.05 bits per heavy atom. The van der Waals surface area contributed by atoms with Crippen LogP contribution in [-0.2, 0) is 4.79 Å². The lowest BCUT2D eigenvalue weighted by atomic mass is 10.0. The van der Waals surface area contributed by atoms with Crippen LogP contribution in [0.4, 0.5) is 0 Å². The van der Waals surface area contributed by atoms with Crippen molar-refractivity contribution in [2.24, 2.45) is 0 Å². The first-order chi connectivity index (χ1) is 9.54. The van der Waals surface area contributed by atoms with Gasteiger partial charge in [-0.1, -0.05) is 17.7 Å². The molecule has 1 saturated heterocycles. The molecule has 1 aromatic rings. The van der Waals surface area contributed by atoms with Crippen molar-refractivity contribution in [2.45, 2.75) is 44.9 Å². The molecule has 5 heteroatoms. The number of rotatable bonds is 4. The highest BCUT2D eigenvalue weighted by Crippen LogP contribution is 2.18. The van der Waals surface area contributed by atoms with Gasteiger partial charge in [0.1, 0.15) is 5.75 Å². The van der Waals surface area contributed by atoms with E-state index in [-0.39, 0.29) is 11.9 Å². The first-order valence-corrected chi connectivity index (χ1v) is 7.38. The van der Waals surface area contributed by atoms with Gasteiger partial charge in [-0.15, -0.1) is 0 Å². The summed E-state index contributed by atoms with van der Waals surface area (Å²) in [6.07, 6.45) is 1.38. The van der Waals surface area contributed by atoms with Crippen molar-refractivity contribution in [3.05, 3.63) is 29.3 Å². The normalized spacial score (nSPS) is 23.9. The summed E-state index contributed by atoms with van der Waals surface area (Å²) in [6.45, 7) is 4.82. The van der Waals surface area contributed by atoms with Crippen molar-refractivity contribution in [3.8, 4) is 5.75 Å². The Morgan fingerprint density at radius 2 is 2.35 bits per heavy atom. The summed E-state index contributed by atoms with van der Waals surface area (Å²) < 4.78 is 5.61.